The molecule has 7 heteroatoms. The van der Waals surface area contributed by atoms with Crippen LogP contribution < -0.4 is 19.6 Å². The number of hydrogen-bond donors (Lipinski definition) is 0. The molecule has 0 radical (unpaired) electrons. The van der Waals surface area contributed by atoms with Gasteiger partial charge < -0.3 is 18.6 Å². The van der Waals surface area contributed by atoms with Gasteiger partial charge >= 0.3 is 5.97 Å². The Morgan fingerprint density at radius 1 is 0.906 bits per heavy atom. The van der Waals surface area contributed by atoms with E-state index in [9.17, 15) is 14.0 Å². The van der Waals surface area contributed by atoms with Crippen LogP contribution in [-0.4, -0.2) is 12.8 Å². The fraction of sp³-hybridized carbons (Fsp3) is 0.120. The lowest BCUT2D eigenvalue weighted by Crippen LogP contribution is -2.10. The Morgan fingerprint density at radius 3 is 2.47 bits per heavy atom. The van der Waals surface area contributed by atoms with Gasteiger partial charge in [0.2, 0.25) is 6.79 Å². The number of carbonyl (C=O) groups excluding carboxylic acids is 1. The molecule has 1 aromatic heterocycles. The second-order valence-corrected chi connectivity index (χ2v) is 7.37. The molecule has 0 N–H and O–H groups in total. The topological polar surface area (TPSA) is 75.0 Å². The highest BCUT2D eigenvalue weighted by molar-refractivity contribution is 5.97. The van der Waals surface area contributed by atoms with Gasteiger partial charge in [-0.25, -0.2) is 9.18 Å². The van der Waals surface area contributed by atoms with E-state index in [1.165, 1.54) is 24.3 Å². The van der Waals surface area contributed by atoms with Gasteiger partial charge in [-0.3, -0.25) is 4.79 Å². The van der Waals surface area contributed by atoms with Gasteiger partial charge in [-0.15, -0.1) is 0 Å². The van der Waals surface area contributed by atoms with Gasteiger partial charge in [0, 0.05) is 0 Å². The maximum Gasteiger partial charge on any atom is 0.346 e. The molecule has 160 valence electrons. The number of fused-ring (bicyclic) bond motifs is 2. The van der Waals surface area contributed by atoms with Crippen LogP contribution in [-0.2, 0) is 0 Å². The Labute approximate surface area is 181 Å². The van der Waals surface area contributed by atoms with Crippen LogP contribution in [0.15, 0.2) is 63.8 Å². The molecule has 5 rings (SSSR count). The summed E-state index contributed by atoms with van der Waals surface area (Å²) >= 11 is 0. The van der Waals surface area contributed by atoms with Gasteiger partial charge in [0.1, 0.15) is 23.1 Å². The Hall–Kier alpha value is -4.13. The largest absolute Gasteiger partial charge is 0.465 e. The van der Waals surface area contributed by atoms with Crippen molar-refractivity contribution in [2.24, 2.45) is 0 Å². The van der Waals surface area contributed by atoms with Crippen LogP contribution in [0.5, 0.6) is 17.2 Å². The Balaban J connectivity index is 1.72. The third kappa shape index (κ3) is 3.28. The van der Waals surface area contributed by atoms with Crippen molar-refractivity contribution < 1.29 is 27.8 Å². The number of aryl methyl sites for hydroxylation is 2. The smallest absolute Gasteiger partial charge is 0.346 e. The maximum absolute atomic E-state index is 14.2. The monoisotopic (exact) mass is 432 g/mol. The summed E-state index contributed by atoms with van der Waals surface area (Å²) < 4.78 is 36.2. The van der Waals surface area contributed by atoms with E-state index in [0.717, 1.165) is 0 Å². The summed E-state index contributed by atoms with van der Waals surface area (Å²) in [5.74, 6) is 0.488. The van der Waals surface area contributed by atoms with Crippen LogP contribution in [0.25, 0.3) is 21.9 Å². The van der Waals surface area contributed by atoms with Gasteiger partial charge in [0.25, 0.3) is 0 Å². The second kappa shape index (κ2) is 7.53. The van der Waals surface area contributed by atoms with Crippen molar-refractivity contribution in [2.75, 3.05) is 6.79 Å². The van der Waals surface area contributed by atoms with E-state index in [1.54, 1.807) is 44.2 Å². The molecule has 0 atom stereocenters. The molecule has 4 aromatic rings. The highest BCUT2D eigenvalue weighted by atomic mass is 19.1. The predicted molar refractivity (Wildman–Crippen MR) is 115 cm³/mol. The molecule has 0 unspecified atom stereocenters. The quantitative estimate of drug-likeness (QED) is 0.416. The average Bonchev–Trinajstić information content (AvgIpc) is 3.31. The summed E-state index contributed by atoms with van der Waals surface area (Å²) in [4.78, 5) is 25.9. The fourth-order valence-electron chi connectivity index (χ4n) is 3.85. The number of halogens is 1. The zero-order valence-electron chi connectivity index (χ0n) is 17.2. The number of furan rings is 1. The van der Waals surface area contributed by atoms with Crippen LogP contribution >= 0.6 is 0 Å². The molecule has 3 aromatic carbocycles. The van der Waals surface area contributed by atoms with Crippen molar-refractivity contribution in [1.29, 1.82) is 0 Å². The summed E-state index contributed by atoms with van der Waals surface area (Å²) in [6.45, 7) is 3.46. The lowest BCUT2D eigenvalue weighted by molar-refractivity contribution is 0.0732. The SMILES string of the molecule is Cc1oc(C)c2c(=O)cc(-c3ccc4c(c3)OCO4)cc(OC(=O)c3ccccc3F)c12. The summed E-state index contributed by atoms with van der Waals surface area (Å²) in [7, 11) is 0. The first-order valence-corrected chi connectivity index (χ1v) is 9.87. The number of esters is 1. The lowest BCUT2D eigenvalue weighted by Gasteiger charge is -2.07. The molecule has 0 fully saturated rings. The van der Waals surface area contributed by atoms with Crippen LogP contribution in [0.4, 0.5) is 4.39 Å². The minimum Gasteiger partial charge on any atom is -0.465 e. The zero-order valence-corrected chi connectivity index (χ0v) is 17.2. The van der Waals surface area contributed by atoms with Gasteiger partial charge in [-0.2, -0.15) is 0 Å². The number of hydrogen-bond acceptors (Lipinski definition) is 6. The first kappa shape index (κ1) is 19.8. The van der Waals surface area contributed by atoms with Crippen molar-refractivity contribution in [1.82, 2.24) is 0 Å². The number of ether oxygens (including phenoxy) is 3. The first-order valence-electron chi connectivity index (χ1n) is 9.87. The standard InChI is InChI=1S/C25H17FO6/c1-13-23-19(27)9-16(15-7-8-20-21(10-15)30-12-29-20)11-22(24(23)14(2)31-13)32-25(28)17-5-3-4-6-18(17)26/h3-11H,12H2,1-2H3. The van der Waals surface area contributed by atoms with E-state index in [2.05, 4.69) is 0 Å². The maximum atomic E-state index is 14.2. The van der Waals surface area contributed by atoms with E-state index >= 15 is 0 Å². The van der Waals surface area contributed by atoms with E-state index in [4.69, 9.17) is 18.6 Å². The van der Waals surface area contributed by atoms with Crippen LogP contribution in [0.3, 0.4) is 0 Å². The lowest BCUT2D eigenvalue weighted by atomic mass is 10.1. The third-order valence-electron chi connectivity index (χ3n) is 5.33. The van der Waals surface area contributed by atoms with E-state index in [1.807, 2.05) is 0 Å². The molecule has 0 bridgehead atoms. The molecule has 0 saturated carbocycles. The highest BCUT2D eigenvalue weighted by Crippen LogP contribution is 2.38. The second-order valence-electron chi connectivity index (χ2n) is 7.37. The summed E-state index contributed by atoms with van der Waals surface area (Å²) in [5, 5.41) is 0.662. The van der Waals surface area contributed by atoms with Crippen molar-refractivity contribution in [3.8, 4) is 28.4 Å². The number of benzene rings is 2. The molecule has 0 spiro atoms. The minimum absolute atomic E-state index is 0.0948. The molecule has 1 aliphatic heterocycles. The van der Waals surface area contributed by atoms with E-state index in [-0.39, 0.29) is 23.5 Å². The number of rotatable bonds is 3. The molecule has 32 heavy (non-hydrogen) atoms. The Kier molecular flexibility index (Phi) is 4.66. The zero-order chi connectivity index (χ0) is 22.4. The fourth-order valence-corrected chi connectivity index (χ4v) is 3.85. The molecular weight excluding hydrogens is 415 g/mol. The van der Waals surface area contributed by atoms with Crippen molar-refractivity contribution in [2.45, 2.75) is 13.8 Å². The molecule has 0 aliphatic carbocycles. The molecular formula is C25H17FO6. The van der Waals surface area contributed by atoms with Crippen LogP contribution in [0, 0.1) is 19.7 Å². The van der Waals surface area contributed by atoms with E-state index < -0.39 is 11.8 Å². The molecule has 6 nitrogen and oxygen atoms in total. The minimum atomic E-state index is -0.877. The van der Waals surface area contributed by atoms with E-state index in [0.29, 0.717) is 44.9 Å². The average molecular weight is 432 g/mol. The molecule has 0 saturated heterocycles. The van der Waals surface area contributed by atoms with Gasteiger partial charge in [-0.1, -0.05) is 18.2 Å². The normalized spacial score (nSPS) is 12.2. The molecule has 0 amide bonds. The Morgan fingerprint density at radius 2 is 1.66 bits per heavy atom. The van der Waals surface area contributed by atoms with Gasteiger partial charge in [0.05, 0.1) is 16.3 Å². The van der Waals surface area contributed by atoms with Crippen molar-refractivity contribution in [3.05, 3.63) is 87.7 Å². The van der Waals surface area contributed by atoms with Gasteiger partial charge in [0.15, 0.2) is 16.9 Å². The number of carbonyl (C=O) groups is 1. The summed E-state index contributed by atoms with van der Waals surface area (Å²) in [5.41, 5.74) is 0.659. The van der Waals surface area contributed by atoms with Crippen LogP contribution in [0.1, 0.15) is 21.9 Å². The van der Waals surface area contributed by atoms with Crippen molar-refractivity contribution >= 4 is 16.7 Å². The van der Waals surface area contributed by atoms with Gasteiger partial charge in [-0.05, 0) is 61.4 Å². The highest BCUT2D eigenvalue weighted by Gasteiger charge is 2.21. The molecule has 1 aliphatic rings. The van der Waals surface area contributed by atoms with Crippen LogP contribution in [0.2, 0.25) is 0 Å². The first-order chi connectivity index (χ1) is 15.4. The van der Waals surface area contributed by atoms with Crippen molar-refractivity contribution in [3.63, 3.8) is 0 Å². The predicted octanol–water partition coefficient (Wildman–Crippen LogP) is 5.16. The Bertz CT molecular complexity index is 1450. The molecule has 2 heterocycles. The summed E-state index contributed by atoms with van der Waals surface area (Å²) in [6.07, 6.45) is 0. The third-order valence-corrected chi connectivity index (χ3v) is 5.33. The summed E-state index contributed by atoms with van der Waals surface area (Å²) in [6, 6.07) is 13.8.